The summed E-state index contributed by atoms with van der Waals surface area (Å²) >= 11 is 2.91. The third-order valence-corrected chi connectivity index (χ3v) is 3.34. The van der Waals surface area contributed by atoms with Gasteiger partial charge in [-0.3, -0.25) is 4.79 Å². The van der Waals surface area contributed by atoms with Gasteiger partial charge in [0.2, 0.25) is 0 Å². The monoisotopic (exact) mass is 341 g/mol. The largest absolute Gasteiger partial charge is 0.508 e. The maximum Gasteiger partial charge on any atom is 0.255 e. The molecule has 0 fully saturated rings. The topological polar surface area (TPSA) is 49.3 Å². The van der Waals surface area contributed by atoms with E-state index in [1.54, 1.807) is 13.0 Å². The maximum atomic E-state index is 13.5. The summed E-state index contributed by atoms with van der Waals surface area (Å²) in [4.78, 5) is 11.9. The molecule has 2 aromatic rings. The molecule has 0 saturated heterocycles. The van der Waals surface area contributed by atoms with E-state index in [1.807, 2.05) is 0 Å². The average Bonchev–Trinajstić information content (AvgIpc) is 2.39. The minimum Gasteiger partial charge on any atom is -0.508 e. The lowest BCUT2D eigenvalue weighted by Crippen LogP contribution is -2.13. The second-order valence-electron chi connectivity index (χ2n) is 4.20. The molecule has 0 bridgehead atoms. The summed E-state index contributed by atoms with van der Waals surface area (Å²) in [6.07, 6.45) is 0. The van der Waals surface area contributed by atoms with Gasteiger partial charge in [0, 0.05) is 11.6 Å². The molecule has 2 aromatic carbocycles. The summed E-state index contributed by atoms with van der Waals surface area (Å²) in [5, 5.41) is 11.9. The number of phenols is 1. The highest BCUT2D eigenvalue weighted by Crippen LogP contribution is 2.25. The predicted octanol–water partition coefficient (Wildman–Crippen LogP) is 3.99. The molecule has 0 spiro atoms. The molecule has 0 atom stereocenters. The number of carbonyl (C=O) groups excluding carboxylic acids is 1. The van der Waals surface area contributed by atoms with E-state index < -0.39 is 17.5 Å². The number of aryl methyl sites for hydroxylation is 1. The van der Waals surface area contributed by atoms with Crippen LogP contribution in [0.15, 0.2) is 34.8 Å². The molecule has 0 unspecified atom stereocenters. The van der Waals surface area contributed by atoms with Crippen LogP contribution in [0, 0.1) is 18.6 Å². The van der Waals surface area contributed by atoms with Gasteiger partial charge in [0.15, 0.2) is 0 Å². The van der Waals surface area contributed by atoms with E-state index in [1.165, 1.54) is 12.1 Å². The van der Waals surface area contributed by atoms with Crippen LogP contribution in [-0.2, 0) is 0 Å². The van der Waals surface area contributed by atoms with E-state index in [4.69, 9.17) is 0 Å². The number of rotatable bonds is 2. The Balaban J connectivity index is 2.27. The van der Waals surface area contributed by atoms with Crippen molar-refractivity contribution in [3.05, 3.63) is 57.6 Å². The molecule has 20 heavy (non-hydrogen) atoms. The Morgan fingerprint density at radius 3 is 2.55 bits per heavy atom. The summed E-state index contributed by atoms with van der Waals surface area (Å²) in [6, 6.07) is 6.16. The first-order valence-electron chi connectivity index (χ1n) is 5.64. The molecule has 0 aliphatic heterocycles. The summed E-state index contributed by atoms with van der Waals surface area (Å²) in [5.74, 6) is -2.26. The number of aromatic hydroxyl groups is 1. The van der Waals surface area contributed by atoms with Crippen LogP contribution in [0.2, 0.25) is 0 Å². The molecule has 3 nitrogen and oxygen atoms in total. The zero-order chi connectivity index (χ0) is 14.9. The number of nitrogens with one attached hydrogen (secondary N) is 1. The van der Waals surface area contributed by atoms with Crippen molar-refractivity contribution in [3.63, 3.8) is 0 Å². The van der Waals surface area contributed by atoms with Crippen molar-refractivity contribution in [1.82, 2.24) is 0 Å². The van der Waals surface area contributed by atoms with Gasteiger partial charge in [0.1, 0.15) is 17.4 Å². The van der Waals surface area contributed by atoms with Gasteiger partial charge in [0.05, 0.1) is 10.2 Å². The second kappa shape index (κ2) is 5.58. The van der Waals surface area contributed by atoms with Crippen LogP contribution in [-0.4, -0.2) is 11.0 Å². The minimum absolute atomic E-state index is 0.0293. The van der Waals surface area contributed by atoms with E-state index in [9.17, 15) is 18.7 Å². The number of halogens is 3. The summed E-state index contributed by atoms with van der Waals surface area (Å²) in [6.45, 7) is 1.69. The van der Waals surface area contributed by atoms with Gasteiger partial charge in [-0.05, 0) is 46.6 Å². The van der Waals surface area contributed by atoms with E-state index in [2.05, 4.69) is 21.2 Å². The fourth-order valence-corrected chi connectivity index (χ4v) is 1.91. The molecule has 2 rings (SSSR count). The van der Waals surface area contributed by atoms with E-state index in [0.29, 0.717) is 11.6 Å². The van der Waals surface area contributed by atoms with Gasteiger partial charge in [-0.25, -0.2) is 8.78 Å². The molecule has 0 aromatic heterocycles. The Hall–Kier alpha value is -1.95. The van der Waals surface area contributed by atoms with Gasteiger partial charge >= 0.3 is 0 Å². The first-order chi connectivity index (χ1) is 9.38. The molecule has 6 heteroatoms. The normalized spacial score (nSPS) is 10.4. The highest BCUT2D eigenvalue weighted by Gasteiger charge is 2.13. The lowest BCUT2D eigenvalue weighted by molar-refractivity contribution is 0.102. The van der Waals surface area contributed by atoms with Crippen LogP contribution in [0.3, 0.4) is 0 Å². The number of phenolic OH excluding ortho intramolecular Hbond substituents is 1. The van der Waals surface area contributed by atoms with Crippen molar-refractivity contribution in [2.45, 2.75) is 6.92 Å². The second-order valence-corrected chi connectivity index (χ2v) is 5.06. The molecule has 0 aliphatic carbocycles. The smallest absolute Gasteiger partial charge is 0.255 e. The maximum absolute atomic E-state index is 13.5. The molecular formula is C14H10BrF2NO2. The van der Waals surface area contributed by atoms with Gasteiger partial charge in [0.25, 0.3) is 5.91 Å². The lowest BCUT2D eigenvalue weighted by Gasteiger charge is -2.08. The number of hydrogen-bond acceptors (Lipinski definition) is 2. The fourth-order valence-electron chi connectivity index (χ4n) is 1.56. The third kappa shape index (κ3) is 2.96. The molecule has 0 radical (unpaired) electrons. The molecular weight excluding hydrogens is 332 g/mol. The van der Waals surface area contributed by atoms with Crippen LogP contribution in [0.4, 0.5) is 14.5 Å². The Morgan fingerprint density at radius 1 is 1.20 bits per heavy atom. The first-order valence-corrected chi connectivity index (χ1v) is 6.43. The minimum atomic E-state index is -0.879. The summed E-state index contributed by atoms with van der Waals surface area (Å²) in [7, 11) is 0. The Morgan fingerprint density at radius 2 is 1.90 bits per heavy atom. The average molecular weight is 342 g/mol. The van der Waals surface area contributed by atoms with Crippen molar-refractivity contribution < 1.29 is 18.7 Å². The number of benzene rings is 2. The van der Waals surface area contributed by atoms with Crippen LogP contribution in [0.1, 0.15) is 15.9 Å². The van der Waals surface area contributed by atoms with Crippen molar-refractivity contribution in [2.75, 3.05) is 5.32 Å². The van der Waals surface area contributed by atoms with E-state index >= 15 is 0 Å². The van der Waals surface area contributed by atoms with Crippen molar-refractivity contribution >= 4 is 27.5 Å². The first kappa shape index (κ1) is 14.5. The van der Waals surface area contributed by atoms with E-state index in [0.717, 1.165) is 6.07 Å². The third-order valence-electron chi connectivity index (χ3n) is 2.73. The molecule has 104 valence electrons. The summed E-state index contributed by atoms with van der Waals surface area (Å²) < 4.78 is 26.7. The zero-order valence-electron chi connectivity index (χ0n) is 10.4. The van der Waals surface area contributed by atoms with Crippen molar-refractivity contribution in [3.8, 4) is 5.75 Å². The molecule has 0 saturated carbocycles. The highest BCUT2D eigenvalue weighted by atomic mass is 79.9. The van der Waals surface area contributed by atoms with Gasteiger partial charge in [-0.15, -0.1) is 0 Å². The van der Waals surface area contributed by atoms with Crippen LogP contribution >= 0.6 is 15.9 Å². The number of hydrogen-bond donors (Lipinski definition) is 2. The molecule has 1 amide bonds. The van der Waals surface area contributed by atoms with E-state index in [-0.39, 0.29) is 21.5 Å². The zero-order valence-corrected chi connectivity index (χ0v) is 12.0. The summed E-state index contributed by atoms with van der Waals surface area (Å²) in [5.41, 5.74) is 0.647. The van der Waals surface area contributed by atoms with Gasteiger partial charge < -0.3 is 10.4 Å². The quantitative estimate of drug-likeness (QED) is 0.811. The molecule has 0 heterocycles. The number of carbonyl (C=O) groups is 1. The lowest BCUT2D eigenvalue weighted by atomic mass is 10.1. The SMILES string of the molecule is Cc1ccc(C(=O)Nc2cc(Br)c(F)cc2F)cc1O. The standard InChI is InChI=1S/C14H10BrF2NO2/c1-7-2-3-8(4-13(7)19)14(20)18-12-5-9(15)10(16)6-11(12)17/h2-6,19H,1H3,(H,18,20). The van der Waals surface area contributed by atoms with Crippen molar-refractivity contribution in [1.29, 1.82) is 0 Å². The van der Waals surface area contributed by atoms with Crippen LogP contribution in [0.5, 0.6) is 5.75 Å². The predicted molar refractivity (Wildman–Crippen MR) is 74.9 cm³/mol. The number of anilines is 1. The number of amides is 1. The fraction of sp³-hybridized carbons (Fsp3) is 0.0714. The Labute approximate surface area is 122 Å². The Bertz CT molecular complexity index is 689. The molecule has 2 N–H and O–H groups in total. The molecule has 0 aliphatic rings. The Kier molecular flexibility index (Phi) is 4.04. The highest BCUT2D eigenvalue weighted by molar-refractivity contribution is 9.10. The van der Waals surface area contributed by atoms with Crippen LogP contribution < -0.4 is 5.32 Å². The van der Waals surface area contributed by atoms with Crippen molar-refractivity contribution in [2.24, 2.45) is 0 Å². The van der Waals surface area contributed by atoms with Crippen LogP contribution in [0.25, 0.3) is 0 Å². The van der Waals surface area contributed by atoms with Gasteiger partial charge in [-0.2, -0.15) is 0 Å². The van der Waals surface area contributed by atoms with Gasteiger partial charge in [-0.1, -0.05) is 6.07 Å².